The fourth-order valence-corrected chi connectivity index (χ4v) is 5.39. The van der Waals surface area contributed by atoms with E-state index in [9.17, 15) is 19.7 Å². The first kappa shape index (κ1) is 28.2. The minimum absolute atomic E-state index is 0.161. The first-order chi connectivity index (χ1) is 18.6. The second kappa shape index (κ2) is 11.5. The quantitative estimate of drug-likeness (QED) is 0.241. The standard InChI is InChI=1S/C29H31ClN2O7/c1-6-15(2)39-29(34)26-16(3)31-22-11-18(17-7-10-24(37-4)25(13-17)38-5)12-23(33)28(22)27(26)20-14-19(32(35)36)8-9-21(20)30/h7-10,13-15,18,27,31H,6,11-12H2,1-5H3/t15-,18+,27+/m0/s1. The summed E-state index contributed by atoms with van der Waals surface area (Å²) in [5, 5.41) is 15.1. The lowest BCUT2D eigenvalue weighted by molar-refractivity contribution is -0.384. The maximum Gasteiger partial charge on any atom is 0.337 e. The normalized spacial score (nSPS) is 19.7. The van der Waals surface area contributed by atoms with Crippen LogP contribution in [0.4, 0.5) is 5.69 Å². The molecule has 0 bridgehead atoms. The average molecular weight is 555 g/mol. The van der Waals surface area contributed by atoms with Crippen LogP contribution < -0.4 is 14.8 Å². The van der Waals surface area contributed by atoms with Gasteiger partial charge >= 0.3 is 5.97 Å². The minimum Gasteiger partial charge on any atom is -0.493 e. The Morgan fingerprint density at radius 2 is 1.87 bits per heavy atom. The van der Waals surface area contributed by atoms with Crippen molar-refractivity contribution >= 4 is 29.0 Å². The van der Waals surface area contributed by atoms with Gasteiger partial charge in [0.15, 0.2) is 17.3 Å². The number of hydrogen-bond acceptors (Lipinski definition) is 8. The van der Waals surface area contributed by atoms with E-state index in [1.54, 1.807) is 34.1 Å². The van der Waals surface area contributed by atoms with Gasteiger partial charge in [-0.25, -0.2) is 4.79 Å². The highest BCUT2D eigenvalue weighted by molar-refractivity contribution is 6.31. The molecule has 206 valence electrons. The van der Waals surface area contributed by atoms with E-state index in [-0.39, 0.29) is 40.5 Å². The smallest absolute Gasteiger partial charge is 0.337 e. The van der Waals surface area contributed by atoms with Crippen LogP contribution >= 0.6 is 11.6 Å². The summed E-state index contributed by atoms with van der Waals surface area (Å²) in [4.78, 5) is 38.4. The number of esters is 1. The summed E-state index contributed by atoms with van der Waals surface area (Å²) in [5.74, 6) is -0.704. The van der Waals surface area contributed by atoms with Gasteiger partial charge in [-0.3, -0.25) is 14.9 Å². The monoisotopic (exact) mass is 554 g/mol. The van der Waals surface area contributed by atoms with Crippen molar-refractivity contribution in [2.75, 3.05) is 14.2 Å². The Hall–Kier alpha value is -3.85. The molecule has 0 saturated carbocycles. The second-order valence-corrected chi connectivity index (χ2v) is 10.1. The lowest BCUT2D eigenvalue weighted by Crippen LogP contribution is -2.36. The molecular weight excluding hydrogens is 524 g/mol. The SMILES string of the molecule is CC[C@H](C)OC(=O)C1=C(C)NC2=C(C(=O)C[C@H](c3ccc(OC)c(OC)c3)C2)[C@@H]1c1cc([N+](=O)[O-])ccc1Cl. The fourth-order valence-electron chi connectivity index (χ4n) is 5.16. The van der Waals surface area contributed by atoms with E-state index < -0.39 is 16.8 Å². The largest absolute Gasteiger partial charge is 0.493 e. The van der Waals surface area contributed by atoms with Gasteiger partial charge in [0.05, 0.1) is 30.8 Å². The second-order valence-electron chi connectivity index (χ2n) is 9.72. The molecule has 10 heteroatoms. The zero-order valence-corrected chi connectivity index (χ0v) is 23.3. The number of ketones is 1. The van der Waals surface area contributed by atoms with E-state index in [4.69, 9.17) is 25.8 Å². The molecule has 2 aromatic carbocycles. The van der Waals surface area contributed by atoms with Crippen molar-refractivity contribution in [3.8, 4) is 11.5 Å². The van der Waals surface area contributed by atoms with Crippen LogP contribution in [0.1, 0.15) is 63.0 Å². The van der Waals surface area contributed by atoms with Gasteiger partial charge < -0.3 is 19.5 Å². The Morgan fingerprint density at radius 1 is 1.15 bits per heavy atom. The molecule has 0 fully saturated rings. The number of carbonyl (C=O) groups is 2. The summed E-state index contributed by atoms with van der Waals surface area (Å²) >= 11 is 6.57. The molecule has 0 amide bonds. The summed E-state index contributed by atoms with van der Waals surface area (Å²) in [6.45, 7) is 5.41. The summed E-state index contributed by atoms with van der Waals surface area (Å²) < 4.78 is 16.5. The van der Waals surface area contributed by atoms with Gasteiger partial charge in [-0.2, -0.15) is 0 Å². The Kier molecular flexibility index (Phi) is 8.30. The van der Waals surface area contributed by atoms with Crippen LogP contribution in [0.25, 0.3) is 0 Å². The first-order valence-corrected chi connectivity index (χ1v) is 13.1. The van der Waals surface area contributed by atoms with Crippen LogP contribution in [0.15, 0.2) is 58.9 Å². The van der Waals surface area contributed by atoms with Gasteiger partial charge in [0.25, 0.3) is 5.69 Å². The van der Waals surface area contributed by atoms with Crippen LogP contribution in [0.5, 0.6) is 11.5 Å². The van der Waals surface area contributed by atoms with Gasteiger partial charge in [-0.05, 0) is 61.9 Å². The summed E-state index contributed by atoms with van der Waals surface area (Å²) in [6.07, 6.45) is 0.898. The van der Waals surface area contributed by atoms with Gasteiger partial charge in [-0.1, -0.05) is 24.6 Å². The number of ether oxygens (including phenoxy) is 3. The molecule has 1 aliphatic heterocycles. The van der Waals surface area contributed by atoms with Crippen molar-refractivity contribution in [3.05, 3.63) is 85.2 Å². The third-order valence-corrected chi connectivity index (χ3v) is 7.66. The maximum atomic E-state index is 13.9. The number of nitro benzene ring substituents is 1. The van der Waals surface area contributed by atoms with Crippen LogP contribution in [0.3, 0.4) is 0 Å². The fraction of sp³-hybridized carbons (Fsp3) is 0.379. The highest BCUT2D eigenvalue weighted by Crippen LogP contribution is 2.48. The van der Waals surface area contributed by atoms with Crippen molar-refractivity contribution in [2.45, 2.75) is 58.0 Å². The predicted molar refractivity (Wildman–Crippen MR) is 146 cm³/mol. The molecule has 0 spiro atoms. The number of nitro groups is 1. The van der Waals surface area contributed by atoms with Crippen molar-refractivity contribution in [3.63, 3.8) is 0 Å². The average Bonchev–Trinajstić information content (AvgIpc) is 2.91. The summed E-state index contributed by atoms with van der Waals surface area (Å²) in [7, 11) is 3.11. The number of dihydropyridines is 1. The van der Waals surface area contributed by atoms with Crippen LogP contribution in [-0.2, 0) is 14.3 Å². The van der Waals surface area contributed by atoms with Gasteiger partial charge in [-0.15, -0.1) is 0 Å². The number of non-ortho nitro benzene ring substituents is 1. The number of nitrogens with one attached hydrogen (secondary N) is 1. The van der Waals surface area contributed by atoms with Crippen LogP contribution in [0.2, 0.25) is 5.02 Å². The number of Topliss-reactive ketones (excluding diaryl/α,β-unsaturated/α-hetero) is 1. The molecule has 0 radical (unpaired) electrons. The van der Waals surface area contributed by atoms with Crippen LogP contribution in [-0.4, -0.2) is 37.0 Å². The van der Waals surface area contributed by atoms with E-state index in [1.807, 2.05) is 19.1 Å². The topological polar surface area (TPSA) is 117 Å². The molecule has 2 aromatic rings. The number of carbonyl (C=O) groups excluding carboxylic acids is 2. The van der Waals surface area contributed by atoms with E-state index in [2.05, 4.69) is 5.32 Å². The Morgan fingerprint density at radius 3 is 2.51 bits per heavy atom. The van der Waals surface area contributed by atoms with E-state index >= 15 is 0 Å². The zero-order valence-electron chi connectivity index (χ0n) is 22.5. The molecule has 0 aromatic heterocycles. The van der Waals surface area contributed by atoms with Crippen LogP contribution in [0, 0.1) is 10.1 Å². The van der Waals surface area contributed by atoms with Crippen molar-refractivity contribution < 1.29 is 28.7 Å². The number of allylic oxidation sites excluding steroid dienone is 3. The minimum atomic E-state index is -0.913. The predicted octanol–water partition coefficient (Wildman–Crippen LogP) is 5.97. The molecule has 9 nitrogen and oxygen atoms in total. The molecule has 39 heavy (non-hydrogen) atoms. The van der Waals surface area contributed by atoms with Gasteiger partial charge in [0.1, 0.15) is 0 Å². The molecule has 0 unspecified atom stereocenters. The Labute approximate surface area is 231 Å². The molecule has 0 saturated heterocycles. The molecule has 1 heterocycles. The van der Waals surface area contributed by atoms with Gasteiger partial charge in [0, 0.05) is 46.5 Å². The van der Waals surface area contributed by atoms with Crippen molar-refractivity contribution in [1.82, 2.24) is 5.32 Å². The van der Waals surface area contributed by atoms with E-state index in [0.717, 1.165) is 5.56 Å². The summed E-state index contributed by atoms with van der Waals surface area (Å²) in [6, 6.07) is 9.62. The number of benzene rings is 2. The van der Waals surface area contributed by atoms with Crippen molar-refractivity contribution in [2.24, 2.45) is 0 Å². The summed E-state index contributed by atoms with van der Waals surface area (Å²) in [5.41, 5.74) is 2.78. The number of nitrogens with zero attached hydrogens (tertiary/aromatic N) is 1. The lowest BCUT2D eigenvalue weighted by Gasteiger charge is -2.37. The third-order valence-electron chi connectivity index (χ3n) is 7.31. The number of halogens is 1. The van der Waals surface area contributed by atoms with Crippen molar-refractivity contribution in [1.29, 1.82) is 0 Å². The molecule has 1 N–H and O–H groups in total. The zero-order chi connectivity index (χ0) is 28.4. The first-order valence-electron chi connectivity index (χ1n) is 12.7. The lowest BCUT2D eigenvalue weighted by atomic mass is 9.71. The maximum absolute atomic E-state index is 13.9. The molecule has 1 aliphatic carbocycles. The molecule has 3 atom stereocenters. The highest BCUT2D eigenvalue weighted by Gasteiger charge is 2.43. The van der Waals surface area contributed by atoms with Gasteiger partial charge in [0.2, 0.25) is 0 Å². The van der Waals surface area contributed by atoms with E-state index in [0.29, 0.717) is 46.9 Å². The highest BCUT2D eigenvalue weighted by atomic mass is 35.5. The number of rotatable bonds is 8. The Balaban J connectivity index is 1.83. The molecule has 2 aliphatic rings. The third kappa shape index (κ3) is 5.49. The number of hydrogen-bond donors (Lipinski definition) is 1. The van der Waals surface area contributed by atoms with E-state index in [1.165, 1.54) is 18.2 Å². The molecular formula is C29H31ClN2O7. The Bertz CT molecular complexity index is 1400. The number of methoxy groups -OCH3 is 2. The molecule has 4 rings (SSSR count).